The number of aryl methyl sites for hydroxylation is 1. The van der Waals surface area contributed by atoms with Crippen molar-refractivity contribution in [3.8, 4) is 0 Å². The second-order valence-corrected chi connectivity index (χ2v) is 3.76. The zero-order valence-corrected chi connectivity index (χ0v) is 9.43. The minimum absolute atomic E-state index is 0.325. The average Bonchev–Trinajstić information content (AvgIpc) is 2.35. The van der Waals surface area contributed by atoms with Gasteiger partial charge in [0.05, 0.1) is 5.56 Å². The Kier molecular flexibility index (Phi) is 3.19. The molecular formula is C14H12FNO. The molecule has 2 aromatic rings. The predicted octanol–water partition coefficient (Wildman–Crippen LogP) is 3.40. The first kappa shape index (κ1) is 11.3. The quantitative estimate of drug-likeness (QED) is 0.335. The second-order valence-electron chi connectivity index (χ2n) is 3.76. The number of halogens is 1. The van der Waals surface area contributed by atoms with Gasteiger partial charge >= 0.3 is 0 Å². The van der Waals surface area contributed by atoms with Crippen LogP contribution in [0.25, 0.3) is 0 Å². The molecule has 0 amide bonds. The van der Waals surface area contributed by atoms with Crippen molar-refractivity contribution < 1.29 is 9.13 Å². The lowest BCUT2D eigenvalue weighted by Crippen LogP contribution is -2.02. The van der Waals surface area contributed by atoms with Gasteiger partial charge in [-0.25, -0.2) is 4.39 Å². The van der Waals surface area contributed by atoms with Crippen molar-refractivity contribution in [2.75, 3.05) is 0 Å². The minimum Gasteiger partial charge on any atom is -0.618 e. The standard InChI is InChI=1S/C14H12FNO/c1-11-6-5-9-14(15)13(11)10-16(17)12-7-3-2-4-8-12/h2-10H,1H3. The van der Waals surface area contributed by atoms with Gasteiger partial charge in [0.25, 0.3) is 0 Å². The van der Waals surface area contributed by atoms with E-state index in [0.717, 1.165) is 5.56 Å². The molecule has 0 spiro atoms. The fourth-order valence-electron chi connectivity index (χ4n) is 1.58. The van der Waals surface area contributed by atoms with Crippen molar-refractivity contribution in [3.63, 3.8) is 0 Å². The SMILES string of the molecule is Cc1cccc(F)c1C=[N+]([O-])c1ccccc1. The highest BCUT2D eigenvalue weighted by molar-refractivity contribution is 5.79. The molecule has 0 aliphatic heterocycles. The number of benzene rings is 2. The van der Waals surface area contributed by atoms with E-state index in [4.69, 9.17) is 0 Å². The number of nitrogens with zero attached hydrogens (tertiary/aromatic N) is 1. The summed E-state index contributed by atoms with van der Waals surface area (Å²) in [5.74, 6) is -0.387. The molecular weight excluding hydrogens is 217 g/mol. The van der Waals surface area contributed by atoms with Gasteiger partial charge in [-0.15, -0.1) is 0 Å². The van der Waals surface area contributed by atoms with E-state index in [1.807, 2.05) is 6.07 Å². The molecule has 86 valence electrons. The van der Waals surface area contributed by atoms with Crippen LogP contribution in [0.1, 0.15) is 11.1 Å². The lowest BCUT2D eigenvalue weighted by Gasteiger charge is -2.04. The molecule has 0 aliphatic rings. The maximum atomic E-state index is 13.5. The topological polar surface area (TPSA) is 26.1 Å². The Bertz CT molecular complexity index is 529. The van der Waals surface area contributed by atoms with Crippen molar-refractivity contribution in [3.05, 3.63) is 70.7 Å². The fourth-order valence-corrected chi connectivity index (χ4v) is 1.58. The molecule has 0 bridgehead atoms. The molecule has 0 radical (unpaired) electrons. The van der Waals surface area contributed by atoms with Gasteiger partial charge in [-0.2, -0.15) is 4.74 Å². The van der Waals surface area contributed by atoms with Crippen LogP contribution < -0.4 is 0 Å². The van der Waals surface area contributed by atoms with E-state index in [9.17, 15) is 9.60 Å². The largest absolute Gasteiger partial charge is 0.618 e. The smallest absolute Gasteiger partial charge is 0.216 e. The van der Waals surface area contributed by atoms with Crippen molar-refractivity contribution in [1.82, 2.24) is 0 Å². The molecule has 0 fully saturated rings. The summed E-state index contributed by atoms with van der Waals surface area (Å²) in [6.07, 6.45) is 1.26. The zero-order valence-electron chi connectivity index (χ0n) is 9.43. The van der Waals surface area contributed by atoms with Gasteiger partial charge in [-0.05, 0) is 18.6 Å². The van der Waals surface area contributed by atoms with Crippen LogP contribution in [0, 0.1) is 17.9 Å². The molecule has 0 heterocycles. The lowest BCUT2D eigenvalue weighted by atomic mass is 10.1. The fraction of sp³-hybridized carbons (Fsp3) is 0.0714. The average molecular weight is 229 g/mol. The summed E-state index contributed by atoms with van der Waals surface area (Å²) in [6.45, 7) is 1.77. The minimum atomic E-state index is -0.387. The van der Waals surface area contributed by atoms with Crippen molar-refractivity contribution in [2.24, 2.45) is 0 Å². The Morgan fingerprint density at radius 1 is 1.06 bits per heavy atom. The van der Waals surface area contributed by atoms with Crippen LogP contribution >= 0.6 is 0 Å². The number of hydrogen-bond acceptors (Lipinski definition) is 1. The molecule has 0 unspecified atom stereocenters. The summed E-state index contributed by atoms with van der Waals surface area (Å²) in [5.41, 5.74) is 1.54. The van der Waals surface area contributed by atoms with Crippen LogP contribution in [0.4, 0.5) is 10.1 Å². The zero-order chi connectivity index (χ0) is 12.3. The first-order valence-corrected chi connectivity index (χ1v) is 5.30. The molecule has 0 saturated heterocycles. The van der Waals surface area contributed by atoms with Crippen LogP contribution in [0.2, 0.25) is 0 Å². The number of hydrogen-bond donors (Lipinski definition) is 0. The maximum Gasteiger partial charge on any atom is 0.216 e. The third-order valence-electron chi connectivity index (χ3n) is 2.53. The molecule has 2 nitrogen and oxygen atoms in total. The van der Waals surface area contributed by atoms with E-state index in [1.54, 1.807) is 43.3 Å². The lowest BCUT2D eigenvalue weighted by molar-refractivity contribution is -0.354. The summed E-state index contributed by atoms with van der Waals surface area (Å²) >= 11 is 0. The van der Waals surface area contributed by atoms with E-state index in [1.165, 1.54) is 12.3 Å². The second kappa shape index (κ2) is 4.78. The van der Waals surface area contributed by atoms with E-state index in [0.29, 0.717) is 16.0 Å². The van der Waals surface area contributed by atoms with Crippen LogP contribution in [0.3, 0.4) is 0 Å². The molecule has 2 aromatic carbocycles. The molecule has 0 saturated carbocycles. The van der Waals surface area contributed by atoms with Crippen LogP contribution in [0.15, 0.2) is 48.5 Å². The molecule has 0 N–H and O–H groups in total. The molecule has 2 rings (SSSR count). The van der Waals surface area contributed by atoms with Crippen LogP contribution in [-0.4, -0.2) is 11.0 Å². The van der Waals surface area contributed by atoms with Gasteiger partial charge in [-0.1, -0.05) is 30.3 Å². The normalized spacial score (nSPS) is 11.5. The molecule has 0 aliphatic carbocycles. The van der Waals surface area contributed by atoms with Crippen molar-refractivity contribution in [2.45, 2.75) is 6.92 Å². The summed E-state index contributed by atoms with van der Waals surface area (Å²) in [5, 5.41) is 11.8. The molecule has 3 heteroatoms. The third-order valence-corrected chi connectivity index (χ3v) is 2.53. The number of rotatable bonds is 2. The highest BCUT2D eigenvalue weighted by Crippen LogP contribution is 2.13. The van der Waals surface area contributed by atoms with Gasteiger partial charge in [-0.3, -0.25) is 0 Å². The number of para-hydroxylation sites is 1. The Labute approximate surface area is 99.2 Å². The summed E-state index contributed by atoms with van der Waals surface area (Å²) < 4.78 is 14.2. The Morgan fingerprint density at radius 2 is 1.76 bits per heavy atom. The van der Waals surface area contributed by atoms with Gasteiger partial charge in [0, 0.05) is 12.1 Å². The highest BCUT2D eigenvalue weighted by atomic mass is 19.1. The van der Waals surface area contributed by atoms with Gasteiger partial charge in [0.2, 0.25) is 5.69 Å². The van der Waals surface area contributed by atoms with Crippen molar-refractivity contribution in [1.29, 1.82) is 0 Å². The maximum absolute atomic E-state index is 13.5. The van der Waals surface area contributed by atoms with Crippen molar-refractivity contribution >= 4 is 11.9 Å². The summed E-state index contributed by atoms with van der Waals surface area (Å²) in [7, 11) is 0. The summed E-state index contributed by atoms with van der Waals surface area (Å²) in [4.78, 5) is 0. The Balaban J connectivity index is 2.43. The van der Waals surface area contributed by atoms with Crippen LogP contribution in [-0.2, 0) is 0 Å². The van der Waals surface area contributed by atoms with E-state index < -0.39 is 0 Å². The van der Waals surface area contributed by atoms with Gasteiger partial charge in [0.1, 0.15) is 5.82 Å². The first-order valence-electron chi connectivity index (χ1n) is 5.30. The van der Waals surface area contributed by atoms with Gasteiger partial charge < -0.3 is 5.21 Å². The highest BCUT2D eigenvalue weighted by Gasteiger charge is 2.07. The Hall–Kier alpha value is -2.16. The van der Waals surface area contributed by atoms with Crippen LogP contribution in [0.5, 0.6) is 0 Å². The molecule has 0 atom stereocenters. The van der Waals surface area contributed by atoms with E-state index >= 15 is 0 Å². The predicted molar refractivity (Wildman–Crippen MR) is 66.0 cm³/mol. The Morgan fingerprint density at radius 3 is 2.41 bits per heavy atom. The molecule has 0 aromatic heterocycles. The van der Waals surface area contributed by atoms with E-state index in [2.05, 4.69) is 0 Å². The third kappa shape index (κ3) is 2.50. The first-order chi connectivity index (χ1) is 8.18. The monoisotopic (exact) mass is 229 g/mol. The van der Waals surface area contributed by atoms with Gasteiger partial charge in [0.15, 0.2) is 6.21 Å². The molecule has 17 heavy (non-hydrogen) atoms. The summed E-state index contributed by atoms with van der Waals surface area (Å²) in [6, 6.07) is 13.5. The van der Waals surface area contributed by atoms with E-state index in [-0.39, 0.29) is 5.82 Å².